The number of aromatic nitrogens is 2. The van der Waals surface area contributed by atoms with Crippen LogP contribution in [0.3, 0.4) is 0 Å². The summed E-state index contributed by atoms with van der Waals surface area (Å²) < 4.78 is 4.24. The number of carbonyl (C=O) groups is 1. The molecule has 1 aromatic carbocycles. The van der Waals surface area contributed by atoms with Crippen LogP contribution in [-0.2, 0) is 4.79 Å². The van der Waals surface area contributed by atoms with Crippen LogP contribution in [0.4, 0.5) is 5.13 Å². The molecule has 2 unspecified atom stereocenters. The summed E-state index contributed by atoms with van der Waals surface area (Å²) in [6.45, 7) is 3.97. The third-order valence-electron chi connectivity index (χ3n) is 3.25. The molecule has 2 aromatic rings. The van der Waals surface area contributed by atoms with Gasteiger partial charge in [0.05, 0.1) is 6.04 Å². The average Bonchev–Trinajstić information content (AvgIpc) is 2.95. The standard InChI is InChI=1S/C14H18N4OS.ClH/c1-3-9(2)11(15)13(19)17-14-16-12(18-20-14)10-7-5-4-6-8-10;/h4-9,11H,3,15H2,1-2H3,(H,16,17,18,19);1H. The van der Waals surface area contributed by atoms with Crippen molar-refractivity contribution in [1.82, 2.24) is 9.36 Å². The van der Waals surface area contributed by atoms with Crippen LogP contribution < -0.4 is 11.1 Å². The Kier molecular flexibility index (Phi) is 6.74. The van der Waals surface area contributed by atoms with Crippen LogP contribution in [0, 0.1) is 5.92 Å². The number of hydrogen-bond donors (Lipinski definition) is 2. The van der Waals surface area contributed by atoms with Gasteiger partial charge in [0.2, 0.25) is 11.0 Å². The van der Waals surface area contributed by atoms with Gasteiger partial charge < -0.3 is 5.73 Å². The van der Waals surface area contributed by atoms with Gasteiger partial charge in [-0.05, 0) is 5.92 Å². The molecule has 3 N–H and O–H groups in total. The molecular weight excluding hydrogens is 308 g/mol. The lowest BCUT2D eigenvalue weighted by atomic mass is 10.00. The Morgan fingerprint density at radius 2 is 2.05 bits per heavy atom. The number of nitrogens with two attached hydrogens (primary N) is 1. The first-order valence-electron chi connectivity index (χ1n) is 6.57. The van der Waals surface area contributed by atoms with Crippen molar-refractivity contribution in [2.45, 2.75) is 26.3 Å². The third-order valence-corrected chi connectivity index (χ3v) is 3.88. The lowest BCUT2D eigenvalue weighted by Crippen LogP contribution is -2.40. The summed E-state index contributed by atoms with van der Waals surface area (Å²) in [6.07, 6.45) is 0.861. The van der Waals surface area contributed by atoms with E-state index in [4.69, 9.17) is 5.73 Å². The topological polar surface area (TPSA) is 80.9 Å². The molecule has 0 aliphatic rings. The summed E-state index contributed by atoms with van der Waals surface area (Å²) >= 11 is 1.16. The zero-order chi connectivity index (χ0) is 14.5. The molecule has 1 amide bonds. The van der Waals surface area contributed by atoms with Gasteiger partial charge >= 0.3 is 0 Å². The molecule has 0 saturated carbocycles. The molecule has 1 aromatic heterocycles. The second-order valence-corrected chi connectivity index (χ2v) is 5.44. The van der Waals surface area contributed by atoms with Gasteiger partial charge in [-0.25, -0.2) is 0 Å². The molecule has 0 radical (unpaired) electrons. The number of anilines is 1. The molecule has 0 aliphatic carbocycles. The van der Waals surface area contributed by atoms with Gasteiger partial charge in [-0.15, -0.1) is 12.4 Å². The van der Waals surface area contributed by atoms with E-state index in [1.165, 1.54) is 0 Å². The van der Waals surface area contributed by atoms with Gasteiger partial charge in [0, 0.05) is 17.1 Å². The molecule has 0 fully saturated rings. The summed E-state index contributed by atoms with van der Waals surface area (Å²) in [4.78, 5) is 16.3. The van der Waals surface area contributed by atoms with Crippen LogP contribution in [0.5, 0.6) is 0 Å². The number of benzene rings is 1. The lowest BCUT2D eigenvalue weighted by Gasteiger charge is -2.16. The van der Waals surface area contributed by atoms with E-state index in [2.05, 4.69) is 14.7 Å². The van der Waals surface area contributed by atoms with Crippen molar-refractivity contribution in [1.29, 1.82) is 0 Å². The van der Waals surface area contributed by atoms with Crippen molar-refractivity contribution in [2.75, 3.05) is 5.32 Å². The Balaban J connectivity index is 0.00000220. The average molecular weight is 327 g/mol. The van der Waals surface area contributed by atoms with Crippen LogP contribution >= 0.6 is 23.9 Å². The Hall–Kier alpha value is -1.50. The minimum absolute atomic E-state index is 0. The number of halogens is 1. The highest BCUT2D eigenvalue weighted by Crippen LogP contribution is 2.21. The molecule has 114 valence electrons. The third kappa shape index (κ3) is 4.49. The molecule has 0 bridgehead atoms. The second-order valence-electron chi connectivity index (χ2n) is 4.69. The van der Waals surface area contributed by atoms with Crippen molar-refractivity contribution in [2.24, 2.45) is 11.7 Å². The van der Waals surface area contributed by atoms with Crippen LogP contribution in [0.25, 0.3) is 11.4 Å². The van der Waals surface area contributed by atoms with E-state index in [9.17, 15) is 4.79 Å². The second kappa shape index (κ2) is 8.07. The molecular formula is C14H19ClN4OS. The van der Waals surface area contributed by atoms with Crippen LogP contribution in [0.15, 0.2) is 30.3 Å². The van der Waals surface area contributed by atoms with E-state index in [-0.39, 0.29) is 24.2 Å². The predicted octanol–water partition coefficient (Wildman–Crippen LogP) is 2.94. The van der Waals surface area contributed by atoms with Crippen molar-refractivity contribution >= 4 is 35.0 Å². The number of hydrogen-bond acceptors (Lipinski definition) is 5. The van der Waals surface area contributed by atoms with Gasteiger partial charge in [0.15, 0.2) is 5.82 Å². The fourth-order valence-electron chi connectivity index (χ4n) is 1.68. The minimum Gasteiger partial charge on any atom is -0.320 e. The maximum Gasteiger partial charge on any atom is 0.243 e. The van der Waals surface area contributed by atoms with E-state index in [0.717, 1.165) is 23.5 Å². The number of nitrogens with one attached hydrogen (secondary N) is 1. The molecule has 0 aliphatic heterocycles. The quantitative estimate of drug-likeness (QED) is 0.885. The number of amides is 1. The maximum atomic E-state index is 12.0. The molecule has 7 heteroatoms. The largest absolute Gasteiger partial charge is 0.320 e. The van der Waals surface area contributed by atoms with Gasteiger partial charge in [0.1, 0.15) is 0 Å². The minimum atomic E-state index is -0.524. The number of carbonyl (C=O) groups excluding carboxylic acids is 1. The fraction of sp³-hybridized carbons (Fsp3) is 0.357. The van der Waals surface area contributed by atoms with Gasteiger partial charge in [0.25, 0.3) is 0 Å². The van der Waals surface area contributed by atoms with E-state index in [0.29, 0.717) is 11.0 Å². The highest BCUT2D eigenvalue weighted by Gasteiger charge is 2.20. The molecule has 2 rings (SSSR count). The molecule has 1 heterocycles. The highest BCUT2D eigenvalue weighted by molar-refractivity contribution is 7.10. The highest BCUT2D eigenvalue weighted by atomic mass is 35.5. The molecule has 5 nitrogen and oxygen atoms in total. The first-order valence-corrected chi connectivity index (χ1v) is 7.34. The van der Waals surface area contributed by atoms with E-state index in [1.807, 2.05) is 44.2 Å². The number of nitrogens with zero attached hydrogens (tertiary/aromatic N) is 2. The van der Waals surface area contributed by atoms with Gasteiger partial charge in [-0.2, -0.15) is 9.36 Å². The summed E-state index contributed by atoms with van der Waals surface area (Å²) in [5.41, 5.74) is 6.81. The van der Waals surface area contributed by atoms with Crippen LogP contribution in [0.1, 0.15) is 20.3 Å². The molecule has 0 spiro atoms. The summed E-state index contributed by atoms with van der Waals surface area (Å²) in [5.74, 6) is 0.537. The first kappa shape index (κ1) is 17.6. The molecule has 21 heavy (non-hydrogen) atoms. The monoisotopic (exact) mass is 326 g/mol. The Bertz CT molecular complexity index is 575. The Labute approximate surface area is 134 Å². The maximum absolute atomic E-state index is 12.0. The zero-order valence-electron chi connectivity index (χ0n) is 11.9. The fourth-order valence-corrected chi connectivity index (χ4v) is 2.27. The van der Waals surface area contributed by atoms with Crippen molar-refractivity contribution in [3.05, 3.63) is 30.3 Å². The normalized spacial score (nSPS) is 13.1. The van der Waals surface area contributed by atoms with Crippen molar-refractivity contribution < 1.29 is 4.79 Å². The van der Waals surface area contributed by atoms with Crippen molar-refractivity contribution in [3.63, 3.8) is 0 Å². The summed E-state index contributed by atoms with van der Waals surface area (Å²) in [5, 5.41) is 3.21. The van der Waals surface area contributed by atoms with E-state index >= 15 is 0 Å². The Morgan fingerprint density at radius 1 is 1.38 bits per heavy atom. The SMILES string of the molecule is CCC(C)C(N)C(=O)Nc1nc(-c2ccccc2)ns1.Cl. The van der Waals surface area contributed by atoms with E-state index < -0.39 is 6.04 Å². The number of rotatable bonds is 5. The van der Waals surface area contributed by atoms with Gasteiger partial charge in [-0.3, -0.25) is 10.1 Å². The zero-order valence-corrected chi connectivity index (χ0v) is 13.6. The van der Waals surface area contributed by atoms with Crippen LogP contribution in [-0.4, -0.2) is 21.3 Å². The van der Waals surface area contributed by atoms with E-state index in [1.54, 1.807) is 0 Å². The first-order chi connectivity index (χ1) is 9.61. The molecule has 0 saturated heterocycles. The van der Waals surface area contributed by atoms with Crippen molar-refractivity contribution in [3.8, 4) is 11.4 Å². The predicted molar refractivity (Wildman–Crippen MR) is 88.7 cm³/mol. The summed E-state index contributed by atoms with van der Waals surface area (Å²) in [7, 11) is 0. The van der Waals surface area contributed by atoms with Gasteiger partial charge in [-0.1, -0.05) is 50.6 Å². The Morgan fingerprint density at radius 3 is 2.67 bits per heavy atom. The molecule has 2 atom stereocenters. The van der Waals surface area contributed by atoms with Crippen LogP contribution in [0.2, 0.25) is 0 Å². The lowest BCUT2D eigenvalue weighted by molar-refractivity contribution is -0.118. The smallest absolute Gasteiger partial charge is 0.243 e. The summed E-state index contributed by atoms with van der Waals surface area (Å²) in [6, 6.07) is 9.12.